The first-order chi connectivity index (χ1) is 8.15. The summed E-state index contributed by atoms with van der Waals surface area (Å²) in [5, 5.41) is 0. The van der Waals surface area contributed by atoms with Crippen LogP contribution in [0.4, 0.5) is 4.39 Å². The third kappa shape index (κ3) is 3.09. The summed E-state index contributed by atoms with van der Waals surface area (Å²) in [5.74, 6) is 0.571. The summed E-state index contributed by atoms with van der Waals surface area (Å²) in [6, 6.07) is 6.22. The second-order valence-electron chi connectivity index (χ2n) is 4.09. The van der Waals surface area contributed by atoms with E-state index in [1.54, 1.807) is 12.1 Å². The first kappa shape index (κ1) is 11.7. The van der Waals surface area contributed by atoms with Crippen molar-refractivity contribution in [3.8, 4) is 5.75 Å². The van der Waals surface area contributed by atoms with Gasteiger partial charge in [-0.15, -0.1) is 0 Å². The largest absolute Gasteiger partial charge is 0.493 e. The van der Waals surface area contributed by atoms with Crippen LogP contribution in [0.2, 0.25) is 0 Å². The lowest BCUT2D eigenvalue weighted by molar-refractivity contribution is 0.210. The molecule has 1 aliphatic heterocycles. The zero-order valence-electron chi connectivity index (χ0n) is 9.60. The van der Waals surface area contributed by atoms with Crippen LogP contribution >= 0.6 is 0 Å². The average Bonchev–Trinajstić information content (AvgIpc) is 2.75. The van der Waals surface area contributed by atoms with E-state index < -0.39 is 0 Å². The molecule has 0 radical (unpaired) electrons. The minimum atomic E-state index is -0.271. The van der Waals surface area contributed by atoms with Gasteiger partial charge in [-0.25, -0.2) is 9.38 Å². The molecular weight excluding hydrogens is 223 g/mol. The molecule has 1 aromatic carbocycles. The average molecular weight is 238 g/mol. The molecule has 1 unspecified atom stereocenters. The molecule has 2 atom stereocenters. The smallest absolute Gasteiger partial charge is 0.282 e. The van der Waals surface area contributed by atoms with Crippen LogP contribution in [0.15, 0.2) is 29.3 Å². The Morgan fingerprint density at radius 3 is 2.82 bits per heavy atom. The molecule has 0 amide bonds. The number of hydrogen-bond donors (Lipinski definition) is 1. The van der Waals surface area contributed by atoms with Gasteiger partial charge in [-0.1, -0.05) is 6.92 Å². The predicted octanol–water partition coefficient (Wildman–Crippen LogP) is 1.55. The van der Waals surface area contributed by atoms with E-state index in [0.29, 0.717) is 19.0 Å². The fourth-order valence-corrected chi connectivity index (χ4v) is 1.57. The predicted molar refractivity (Wildman–Crippen MR) is 62.4 cm³/mol. The van der Waals surface area contributed by atoms with Crippen LogP contribution in [-0.2, 0) is 4.74 Å². The van der Waals surface area contributed by atoms with Crippen molar-refractivity contribution in [3.05, 3.63) is 30.1 Å². The Morgan fingerprint density at radius 1 is 1.53 bits per heavy atom. The van der Waals surface area contributed by atoms with E-state index in [1.165, 1.54) is 12.1 Å². The number of benzene rings is 1. The van der Waals surface area contributed by atoms with Gasteiger partial charge < -0.3 is 15.2 Å². The van der Waals surface area contributed by atoms with E-state index in [-0.39, 0.29) is 23.8 Å². The summed E-state index contributed by atoms with van der Waals surface area (Å²) < 4.78 is 23.3. The van der Waals surface area contributed by atoms with Crippen molar-refractivity contribution < 1.29 is 13.9 Å². The summed E-state index contributed by atoms with van der Waals surface area (Å²) >= 11 is 0. The normalized spacial score (nSPS) is 20.6. The van der Waals surface area contributed by atoms with Crippen LogP contribution in [0.1, 0.15) is 6.92 Å². The van der Waals surface area contributed by atoms with Gasteiger partial charge in [-0.3, -0.25) is 0 Å². The van der Waals surface area contributed by atoms with Gasteiger partial charge in [0.1, 0.15) is 18.2 Å². The van der Waals surface area contributed by atoms with Crippen LogP contribution in [0.5, 0.6) is 5.75 Å². The van der Waals surface area contributed by atoms with Crippen molar-refractivity contribution >= 4 is 6.02 Å². The highest BCUT2D eigenvalue weighted by molar-refractivity contribution is 5.73. The van der Waals surface area contributed by atoms with E-state index in [0.717, 1.165) is 0 Å². The van der Waals surface area contributed by atoms with E-state index in [4.69, 9.17) is 15.2 Å². The highest BCUT2D eigenvalue weighted by atomic mass is 19.1. The number of ether oxygens (including phenoxy) is 2. The number of rotatable bonds is 4. The van der Waals surface area contributed by atoms with Crippen LogP contribution in [0.25, 0.3) is 0 Å². The topological polar surface area (TPSA) is 56.8 Å². The molecule has 0 saturated heterocycles. The lowest BCUT2D eigenvalue weighted by atomic mass is 10.1. The molecule has 1 heterocycles. The van der Waals surface area contributed by atoms with Crippen molar-refractivity contribution in [1.82, 2.24) is 0 Å². The van der Waals surface area contributed by atoms with Gasteiger partial charge in [0.15, 0.2) is 0 Å². The van der Waals surface area contributed by atoms with Gasteiger partial charge in [0.2, 0.25) is 0 Å². The molecule has 1 aliphatic rings. The Bertz CT molecular complexity index is 405. The lowest BCUT2D eigenvalue weighted by Crippen LogP contribution is -2.23. The van der Waals surface area contributed by atoms with Gasteiger partial charge in [-0.05, 0) is 24.3 Å². The maximum atomic E-state index is 12.7. The van der Waals surface area contributed by atoms with Crippen molar-refractivity contribution in [3.63, 3.8) is 0 Å². The van der Waals surface area contributed by atoms with Crippen LogP contribution in [0.3, 0.4) is 0 Å². The number of hydrogen-bond acceptors (Lipinski definition) is 4. The number of nitrogens with zero attached hydrogens (tertiary/aromatic N) is 1. The van der Waals surface area contributed by atoms with E-state index in [2.05, 4.69) is 4.99 Å². The van der Waals surface area contributed by atoms with Gasteiger partial charge in [0.25, 0.3) is 6.02 Å². The minimum absolute atomic E-state index is 0.0375. The fraction of sp³-hybridized carbons (Fsp3) is 0.417. The molecule has 0 fully saturated rings. The summed E-state index contributed by atoms with van der Waals surface area (Å²) in [5.41, 5.74) is 5.43. The quantitative estimate of drug-likeness (QED) is 0.865. The Kier molecular flexibility index (Phi) is 3.46. The number of halogens is 1. The third-order valence-corrected chi connectivity index (χ3v) is 2.68. The molecule has 1 aromatic rings. The van der Waals surface area contributed by atoms with Gasteiger partial charge in [0, 0.05) is 5.92 Å². The number of amidine groups is 1. The Labute approximate surface area is 99.2 Å². The summed E-state index contributed by atoms with van der Waals surface area (Å²) in [4.78, 5) is 4.15. The molecule has 0 spiro atoms. The molecule has 0 aromatic heterocycles. The van der Waals surface area contributed by atoms with Crippen molar-refractivity contribution in [2.45, 2.75) is 13.0 Å². The summed E-state index contributed by atoms with van der Waals surface area (Å²) in [6.45, 7) is 3.01. The molecule has 0 bridgehead atoms. The van der Waals surface area contributed by atoms with Gasteiger partial charge >= 0.3 is 0 Å². The molecule has 92 valence electrons. The highest BCUT2D eigenvalue weighted by Gasteiger charge is 2.23. The first-order valence-electron chi connectivity index (χ1n) is 5.49. The Balaban J connectivity index is 1.84. The molecule has 2 N–H and O–H groups in total. The fourth-order valence-electron chi connectivity index (χ4n) is 1.57. The lowest BCUT2D eigenvalue weighted by Gasteiger charge is -2.15. The van der Waals surface area contributed by atoms with Gasteiger partial charge in [0.05, 0.1) is 12.6 Å². The minimum Gasteiger partial charge on any atom is -0.493 e. The second-order valence-corrected chi connectivity index (χ2v) is 4.09. The SMILES string of the molecule is C[C@@H](COc1ccc(F)cc1)C1COC(N)=N1. The molecule has 17 heavy (non-hydrogen) atoms. The van der Waals surface area contributed by atoms with Crippen molar-refractivity contribution in [2.24, 2.45) is 16.6 Å². The Morgan fingerprint density at radius 2 is 2.24 bits per heavy atom. The molecular formula is C12H15FN2O2. The van der Waals surface area contributed by atoms with Crippen LogP contribution < -0.4 is 10.5 Å². The van der Waals surface area contributed by atoms with E-state index >= 15 is 0 Å². The molecule has 4 nitrogen and oxygen atoms in total. The van der Waals surface area contributed by atoms with Crippen molar-refractivity contribution in [2.75, 3.05) is 13.2 Å². The first-order valence-corrected chi connectivity index (χ1v) is 5.49. The molecule has 0 saturated carbocycles. The third-order valence-electron chi connectivity index (χ3n) is 2.68. The zero-order chi connectivity index (χ0) is 12.3. The summed E-state index contributed by atoms with van der Waals surface area (Å²) in [6.07, 6.45) is 0. The summed E-state index contributed by atoms with van der Waals surface area (Å²) in [7, 11) is 0. The molecule has 5 heteroatoms. The molecule has 0 aliphatic carbocycles. The standard InChI is InChI=1S/C12H15FN2O2/c1-8(11-7-17-12(14)15-11)6-16-10-4-2-9(13)3-5-10/h2-5,8,11H,6-7H2,1H3,(H2,14,15)/t8-,11?/m0/s1. The van der Waals surface area contributed by atoms with E-state index in [9.17, 15) is 4.39 Å². The van der Waals surface area contributed by atoms with Crippen molar-refractivity contribution in [1.29, 1.82) is 0 Å². The monoisotopic (exact) mass is 238 g/mol. The zero-order valence-corrected chi connectivity index (χ0v) is 9.60. The number of nitrogens with two attached hydrogens (primary N) is 1. The van der Waals surface area contributed by atoms with Crippen LogP contribution in [0, 0.1) is 11.7 Å². The number of aliphatic imine (C=N–C) groups is 1. The maximum absolute atomic E-state index is 12.7. The van der Waals surface area contributed by atoms with Crippen LogP contribution in [-0.4, -0.2) is 25.3 Å². The van der Waals surface area contributed by atoms with E-state index in [1.807, 2.05) is 6.92 Å². The Hall–Kier alpha value is -1.78. The molecule has 2 rings (SSSR count). The second kappa shape index (κ2) is 5.03. The highest BCUT2D eigenvalue weighted by Crippen LogP contribution is 2.16. The maximum Gasteiger partial charge on any atom is 0.282 e. The van der Waals surface area contributed by atoms with Gasteiger partial charge in [-0.2, -0.15) is 0 Å².